The molecule has 5 nitrogen and oxygen atoms in total. The molecule has 0 aliphatic heterocycles. The van der Waals surface area contributed by atoms with Crippen LogP contribution in [0.25, 0.3) is 0 Å². The molecule has 1 unspecified atom stereocenters. The van der Waals surface area contributed by atoms with E-state index in [0.717, 1.165) is 37.1 Å². The molecule has 0 bridgehead atoms. The average Bonchev–Trinajstić information content (AvgIpc) is 3.25. The van der Waals surface area contributed by atoms with Crippen LogP contribution in [-0.4, -0.2) is 47.1 Å². The van der Waals surface area contributed by atoms with E-state index in [-0.39, 0.29) is 18.5 Å². The van der Waals surface area contributed by atoms with E-state index >= 15 is 0 Å². The van der Waals surface area contributed by atoms with E-state index in [9.17, 15) is 9.59 Å². The molecule has 0 aromatic carbocycles. The van der Waals surface area contributed by atoms with Crippen LogP contribution >= 0.6 is 11.3 Å². The number of fused-ring (bicyclic) bond motifs is 1. The maximum absolute atomic E-state index is 12.6. The Morgan fingerprint density at radius 2 is 2.08 bits per heavy atom. The first-order valence-corrected chi connectivity index (χ1v) is 10.7. The highest BCUT2D eigenvalue weighted by molar-refractivity contribution is 7.14. The summed E-state index contributed by atoms with van der Waals surface area (Å²) in [5, 5.41) is 12.3. The number of aryl methyl sites for hydroxylation is 1. The third kappa shape index (κ3) is 4.12. The van der Waals surface area contributed by atoms with E-state index in [1.54, 1.807) is 11.3 Å². The second kappa shape index (κ2) is 7.31. The highest BCUT2D eigenvalue weighted by atomic mass is 32.1. The minimum atomic E-state index is -0.753. The molecular weight excluding hydrogens is 348 g/mol. The van der Waals surface area contributed by atoms with Crippen LogP contribution in [0.1, 0.15) is 59.1 Å². The summed E-state index contributed by atoms with van der Waals surface area (Å²) in [4.78, 5) is 28.0. The molecule has 1 aromatic rings. The van der Waals surface area contributed by atoms with Gasteiger partial charge >= 0.3 is 5.97 Å². The van der Waals surface area contributed by atoms with Gasteiger partial charge in [0.15, 0.2) is 0 Å². The lowest BCUT2D eigenvalue weighted by Gasteiger charge is -2.42. The van der Waals surface area contributed by atoms with Crippen molar-refractivity contribution in [2.75, 3.05) is 13.1 Å². The summed E-state index contributed by atoms with van der Waals surface area (Å²) in [6.07, 6.45) is 7.61. The number of hydrogen-bond donors (Lipinski definition) is 2. The molecule has 2 fully saturated rings. The molecule has 2 saturated carbocycles. The van der Waals surface area contributed by atoms with Crippen LogP contribution < -0.4 is 5.32 Å². The number of carboxylic acids is 1. The third-order valence-electron chi connectivity index (χ3n) is 6.05. The van der Waals surface area contributed by atoms with Crippen molar-refractivity contribution >= 4 is 23.2 Å². The predicted molar refractivity (Wildman–Crippen MR) is 102 cm³/mol. The number of thiophene rings is 1. The van der Waals surface area contributed by atoms with E-state index in [4.69, 9.17) is 5.11 Å². The third-order valence-corrected chi connectivity index (χ3v) is 7.28. The zero-order chi connectivity index (χ0) is 18.3. The zero-order valence-corrected chi connectivity index (χ0v) is 16.2. The zero-order valence-electron chi connectivity index (χ0n) is 15.4. The Hall–Kier alpha value is -1.40. The average molecular weight is 377 g/mol. The van der Waals surface area contributed by atoms with Crippen molar-refractivity contribution in [3.05, 3.63) is 21.4 Å². The Bertz CT molecular complexity index is 691. The predicted octanol–water partition coefficient (Wildman–Crippen LogP) is 2.93. The normalized spacial score (nSPS) is 27.7. The van der Waals surface area contributed by atoms with Gasteiger partial charge in [0, 0.05) is 23.5 Å². The maximum Gasteiger partial charge on any atom is 0.317 e. The van der Waals surface area contributed by atoms with Gasteiger partial charge in [-0.2, -0.15) is 0 Å². The van der Waals surface area contributed by atoms with Gasteiger partial charge < -0.3 is 10.4 Å². The summed E-state index contributed by atoms with van der Waals surface area (Å²) in [7, 11) is 0. The number of rotatable bonds is 7. The summed E-state index contributed by atoms with van der Waals surface area (Å²) < 4.78 is 0. The minimum Gasteiger partial charge on any atom is -0.480 e. The van der Waals surface area contributed by atoms with Crippen molar-refractivity contribution in [1.82, 2.24) is 10.2 Å². The van der Waals surface area contributed by atoms with Gasteiger partial charge in [-0.05, 0) is 68.4 Å². The molecule has 1 atom stereocenters. The number of hydrogen-bond acceptors (Lipinski definition) is 4. The molecule has 3 aliphatic carbocycles. The topological polar surface area (TPSA) is 69.6 Å². The number of carbonyl (C=O) groups excluding carboxylic acids is 1. The lowest BCUT2D eigenvalue weighted by atomic mass is 9.85. The summed E-state index contributed by atoms with van der Waals surface area (Å²) in [5.41, 5.74) is 1.36. The van der Waals surface area contributed by atoms with E-state index in [2.05, 4.69) is 23.2 Å². The summed E-state index contributed by atoms with van der Waals surface area (Å²) >= 11 is 1.65. The van der Waals surface area contributed by atoms with Gasteiger partial charge in [0.2, 0.25) is 0 Å². The van der Waals surface area contributed by atoms with Crippen LogP contribution in [0.5, 0.6) is 0 Å². The van der Waals surface area contributed by atoms with Crippen LogP contribution in [0.4, 0.5) is 0 Å². The number of carbonyl (C=O) groups is 2. The molecule has 6 heteroatoms. The van der Waals surface area contributed by atoms with Gasteiger partial charge in [-0.25, -0.2) is 0 Å². The molecule has 1 amide bonds. The fourth-order valence-corrected chi connectivity index (χ4v) is 5.34. The monoisotopic (exact) mass is 376 g/mol. The Morgan fingerprint density at radius 1 is 1.31 bits per heavy atom. The van der Waals surface area contributed by atoms with Gasteiger partial charge in [0.25, 0.3) is 5.91 Å². The summed E-state index contributed by atoms with van der Waals surface area (Å²) in [6, 6.07) is 2.57. The quantitative estimate of drug-likeness (QED) is 0.768. The highest BCUT2D eigenvalue weighted by Gasteiger charge is 2.38. The van der Waals surface area contributed by atoms with Gasteiger partial charge in [-0.3, -0.25) is 14.5 Å². The van der Waals surface area contributed by atoms with Gasteiger partial charge in [0.05, 0.1) is 11.4 Å². The molecule has 26 heavy (non-hydrogen) atoms. The molecule has 1 heterocycles. The van der Waals surface area contributed by atoms with Crippen LogP contribution in [0.2, 0.25) is 0 Å². The second-order valence-corrected chi connectivity index (χ2v) is 9.61. The van der Waals surface area contributed by atoms with Gasteiger partial charge in [0.1, 0.15) is 0 Å². The van der Waals surface area contributed by atoms with Crippen molar-refractivity contribution in [2.45, 2.75) is 64.0 Å². The summed E-state index contributed by atoms with van der Waals surface area (Å²) in [6.45, 7) is 3.30. The Balaban J connectivity index is 1.29. The van der Waals surface area contributed by atoms with Crippen molar-refractivity contribution in [1.29, 1.82) is 0 Å². The molecule has 2 N–H and O–H groups in total. The fraction of sp³-hybridized carbons (Fsp3) is 0.700. The first kappa shape index (κ1) is 18.0. The Kier molecular flexibility index (Phi) is 5.06. The van der Waals surface area contributed by atoms with Crippen molar-refractivity contribution in [3.8, 4) is 0 Å². The standard InChI is InChI=1S/C20H28N2O3S/c1-12-2-5-17-14(6-12)7-18(26-17)20(25)21-15-8-16(9-15)22(11-19(23)24)10-13-3-4-13/h7,12-13,15-16H,2-6,8-11H2,1H3,(H,21,25)(H,23,24). The molecule has 142 valence electrons. The lowest BCUT2D eigenvalue weighted by Crippen LogP contribution is -2.55. The first-order valence-electron chi connectivity index (χ1n) is 9.86. The van der Waals surface area contributed by atoms with E-state index in [0.29, 0.717) is 17.9 Å². The summed E-state index contributed by atoms with van der Waals surface area (Å²) in [5.74, 6) is 0.693. The maximum atomic E-state index is 12.6. The van der Waals surface area contributed by atoms with Crippen molar-refractivity contribution < 1.29 is 14.7 Å². The second-order valence-electron chi connectivity index (χ2n) is 8.47. The first-order chi connectivity index (χ1) is 12.5. The van der Waals surface area contributed by atoms with Crippen molar-refractivity contribution in [2.24, 2.45) is 11.8 Å². The molecule has 4 rings (SSSR count). The van der Waals surface area contributed by atoms with Crippen LogP contribution in [-0.2, 0) is 17.6 Å². The van der Waals surface area contributed by atoms with Crippen LogP contribution in [0.3, 0.4) is 0 Å². The molecule has 1 aromatic heterocycles. The molecule has 0 saturated heterocycles. The lowest BCUT2D eigenvalue weighted by molar-refractivity contribution is -0.139. The number of nitrogens with zero attached hydrogens (tertiary/aromatic N) is 1. The van der Waals surface area contributed by atoms with E-state index < -0.39 is 5.97 Å². The number of nitrogens with one attached hydrogen (secondary N) is 1. The van der Waals surface area contributed by atoms with Crippen LogP contribution in [0.15, 0.2) is 6.07 Å². The Morgan fingerprint density at radius 3 is 2.77 bits per heavy atom. The Labute approximate surface area is 158 Å². The molecule has 3 aliphatic rings. The smallest absolute Gasteiger partial charge is 0.317 e. The van der Waals surface area contributed by atoms with Gasteiger partial charge in [-0.1, -0.05) is 6.92 Å². The number of aliphatic carboxylic acids is 1. The highest BCUT2D eigenvalue weighted by Crippen LogP contribution is 2.35. The van der Waals surface area contributed by atoms with Crippen molar-refractivity contribution in [3.63, 3.8) is 0 Å². The van der Waals surface area contributed by atoms with Crippen LogP contribution in [0, 0.1) is 11.8 Å². The number of amides is 1. The van der Waals surface area contributed by atoms with E-state index in [1.807, 2.05) is 0 Å². The molecular formula is C20H28N2O3S. The van der Waals surface area contributed by atoms with E-state index in [1.165, 1.54) is 29.7 Å². The van der Waals surface area contributed by atoms with Gasteiger partial charge in [-0.15, -0.1) is 11.3 Å². The molecule has 0 radical (unpaired) electrons. The largest absolute Gasteiger partial charge is 0.480 e. The minimum absolute atomic E-state index is 0.0486. The molecule has 0 spiro atoms. The number of carboxylic acid groups (broad SMARTS) is 1. The fourth-order valence-electron chi connectivity index (χ4n) is 4.23. The SMILES string of the molecule is CC1CCc2sc(C(=O)NC3CC(N(CC(=O)O)CC4CC4)C3)cc2C1.